The first-order valence-corrected chi connectivity index (χ1v) is 12.4. The number of carbonyl (C=O) groups excluding carboxylic acids is 1. The van der Waals surface area contributed by atoms with Gasteiger partial charge in [-0.05, 0) is 59.4 Å². The van der Waals surface area contributed by atoms with E-state index in [1.54, 1.807) is 12.1 Å². The number of carbonyl (C=O) groups is 1. The summed E-state index contributed by atoms with van der Waals surface area (Å²) in [7, 11) is -2.37. The Hall–Kier alpha value is -3.16. The number of fused-ring (bicyclic) bond motifs is 1. The number of ether oxygens (including phenoxy) is 1. The third-order valence-electron chi connectivity index (χ3n) is 6.07. The van der Waals surface area contributed by atoms with Gasteiger partial charge in [0.2, 0.25) is 15.9 Å². The quantitative estimate of drug-likeness (QED) is 0.579. The van der Waals surface area contributed by atoms with Crippen molar-refractivity contribution >= 4 is 15.9 Å². The van der Waals surface area contributed by atoms with E-state index >= 15 is 0 Å². The van der Waals surface area contributed by atoms with E-state index in [4.69, 9.17) is 4.74 Å². The van der Waals surface area contributed by atoms with Crippen LogP contribution in [0.4, 0.5) is 0 Å². The molecule has 172 valence electrons. The second-order valence-electron chi connectivity index (χ2n) is 8.10. The van der Waals surface area contributed by atoms with Gasteiger partial charge in [-0.3, -0.25) is 4.79 Å². The summed E-state index contributed by atoms with van der Waals surface area (Å²) < 4.78 is 33.6. The predicted molar refractivity (Wildman–Crippen MR) is 127 cm³/mol. The summed E-state index contributed by atoms with van der Waals surface area (Å²) in [6.07, 6.45) is 1.28. The first kappa shape index (κ1) is 23.0. The second kappa shape index (κ2) is 9.77. The van der Waals surface area contributed by atoms with Gasteiger partial charge in [0.1, 0.15) is 11.8 Å². The van der Waals surface area contributed by atoms with Gasteiger partial charge >= 0.3 is 0 Å². The number of benzene rings is 3. The first-order chi connectivity index (χ1) is 15.9. The van der Waals surface area contributed by atoms with E-state index in [-0.39, 0.29) is 17.3 Å². The second-order valence-corrected chi connectivity index (χ2v) is 9.99. The minimum absolute atomic E-state index is 0.135. The van der Waals surface area contributed by atoms with Crippen LogP contribution in [-0.4, -0.2) is 31.8 Å². The summed E-state index contributed by atoms with van der Waals surface area (Å²) in [5, 5.41) is 2.94. The van der Waals surface area contributed by atoms with Crippen molar-refractivity contribution in [2.75, 3.05) is 7.11 Å². The Bertz CT molecular complexity index is 1220. The lowest BCUT2D eigenvalue weighted by atomic mass is 9.95. The molecule has 1 atom stereocenters. The molecule has 0 saturated heterocycles. The molecule has 1 aliphatic heterocycles. The molecule has 7 heteroatoms. The standard InChI is InChI=1S/C26H28N2O4S/c1-3-19-8-10-20(11-9-19)17-27-26(29)25-16-21-6-4-5-7-22(21)18-28(25)33(30,31)24-14-12-23(32-2)13-15-24/h4-15,25H,3,16-18H2,1-2H3,(H,27,29)/t25-/m1/s1. The van der Waals surface area contributed by atoms with Crippen LogP contribution >= 0.6 is 0 Å². The van der Waals surface area contributed by atoms with Gasteiger partial charge in [-0.2, -0.15) is 4.31 Å². The lowest BCUT2D eigenvalue weighted by Gasteiger charge is -2.35. The van der Waals surface area contributed by atoms with Gasteiger partial charge in [0.15, 0.2) is 0 Å². The van der Waals surface area contributed by atoms with Crippen LogP contribution in [0.25, 0.3) is 0 Å². The van der Waals surface area contributed by atoms with E-state index in [0.29, 0.717) is 18.7 Å². The molecule has 33 heavy (non-hydrogen) atoms. The fourth-order valence-electron chi connectivity index (χ4n) is 4.06. The smallest absolute Gasteiger partial charge is 0.244 e. The van der Waals surface area contributed by atoms with Gasteiger partial charge in [-0.15, -0.1) is 0 Å². The van der Waals surface area contributed by atoms with Crippen molar-refractivity contribution in [1.29, 1.82) is 0 Å². The zero-order valence-electron chi connectivity index (χ0n) is 18.8. The molecule has 0 spiro atoms. The molecule has 6 nitrogen and oxygen atoms in total. The van der Waals surface area contributed by atoms with Crippen LogP contribution in [0, 0.1) is 0 Å². The summed E-state index contributed by atoms with van der Waals surface area (Å²) in [6, 6.07) is 21.1. The number of hydrogen-bond donors (Lipinski definition) is 1. The SMILES string of the molecule is CCc1ccc(CNC(=O)[C@H]2Cc3ccccc3CN2S(=O)(=O)c2ccc(OC)cc2)cc1. The Kier molecular flexibility index (Phi) is 6.81. The molecule has 3 aromatic rings. The van der Waals surface area contributed by atoms with E-state index in [2.05, 4.69) is 12.2 Å². The topological polar surface area (TPSA) is 75.7 Å². The molecular formula is C26H28N2O4S. The van der Waals surface area contributed by atoms with Crippen LogP contribution in [0.15, 0.2) is 77.7 Å². The van der Waals surface area contributed by atoms with Gasteiger partial charge in [-0.1, -0.05) is 55.5 Å². The van der Waals surface area contributed by atoms with Crippen LogP contribution in [0.3, 0.4) is 0 Å². The van der Waals surface area contributed by atoms with Gasteiger partial charge in [0, 0.05) is 13.1 Å². The Morgan fingerprint density at radius 3 is 2.24 bits per heavy atom. The lowest BCUT2D eigenvalue weighted by molar-refractivity contribution is -0.125. The molecule has 1 heterocycles. The van der Waals surface area contributed by atoms with Crippen LogP contribution < -0.4 is 10.1 Å². The Morgan fingerprint density at radius 2 is 1.61 bits per heavy atom. The average molecular weight is 465 g/mol. The monoisotopic (exact) mass is 464 g/mol. The van der Waals surface area contributed by atoms with Crippen LogP contribution in [0.1, 0.15) is 29.2 Å². The lowest BCUT2D eigenvalue weighted by Crippen LogP contribution is -2.52. The molecule has 1 aliphatic rings. The molecule has 0 aromatic heterocycles. The number of amides is 1. The Labute approximate surface area is 195 Å². The number of sulfonamides is 1. The minimum Gasteiger partial charge on any atom is -0.497 e. The molecule has 0 bridgehead atoms. The van der Waals surface area contributed by atoms with Crippen LogP contribution in [-0.2, 0) is 40.7 Å². The highest BCUT2D eigenvalue weighted by Crippen LogP contribution is 2.30. The fraction of sp³-hybridized carbons (Fsp3) is 0.269. The average Bonchev–Trinajstić information content (AvgIpc) is 2.86. The third kappa shape index (κ3) is 4.94. The molecular weight excluding hydrogens is 436 g/mol. The van der Waals surface area contributed by atoms with Crippen molar-refractivity contribution in [1.82, 2.24) is 9.62 Å². The maximum atomic E-state index is 13.6. The molecule has 1 amide bonds. The normalized spacial score (nSPS) is 16.1. The summed E-state index contributed by atoms with van der Waals surface area (Å²) >= 11 is 0. The van der Waals surface area contributed by atoms with Gasteiger partial charge in [0.05, 0.1) is 12.0 Å². The number of aryl methyl sites for hydroxylation is 1. The summed E-state index contributed by atoms with van der Waals surface area (Å²) in [6.45, 7) is 2.58. The molecule has 0 aliphatic carbocycles. The molecule has 0 radical (unpaired) electrons. The number of nitrogens with zero attached hydrogens (tertiary/aromatic N) is 1. The molecule has 4 rings (SSSR count). The van der Waals surface area contributed by atoms with Crippen molar-refractivity contribution in [3.63, 3.8) is 0 Å². The highest BCUT2D eigenvalue weighted by molar-refractivity contribution is 7.89. The third-order valence-corrected chi connectivity index (χ3v) is 7.94. The summed E-state index contributed by atoms with van der Waals surface area (Å²) in [5.41, 5.74) is 4.10. The molecule has 0 unspecified atom stereocenters. The Morgan fingerprint density at radius 1 is 0.970 bits per heavy atom. The summed E-state index contributed by atoms with van der Waals surface area (Å²) in [5.74, 6) is 0.266. The van der Waals surface area contributed by atoms with Crippen LogP contribution in [0.2, 0.25) is 0 Å². The highest BCUT2D eigenvalue weighted by Gasteiger charge is 2.39. The molecule has 0 fully saturated rings. The number of nitrogens with one attached hydrogen (secondary N) is 1. The van der Waals surface area contributed by atoms with Crippen molar-refractivity contribution in [2.45, 2.75) is 43.8 Å². The van der Waals surface area contributed by atoms with Gasteiger partial charge in [0.25, 0.3) is 0 Å². The highest BCUT2D eigenvalue weighted by atomic mass is 32.2. The number of rotatable bonds is 7. The van der Waals surface area contributed by atoms with Crippen molar-refractivity contribution in [3.8, 4) is 5.75 Å². The van der Waals surface area contributed by atoms with E-state index in [1.807, 2.05) is 48.5 Å². The van der Waals surface area contributed by atoms with Crippen molar-refractivity contribution < 1.29 is 17.9 Å². The zero-order chi connectivity index (χ0) is 23.4. The molecule has 1 N–H and O–H groups in total. The van der Waals surface area contributed by atoms with E-state index in [0.717, 1.165) is 23.1 Å². The van der Waals surface area contributed by atoms with Gasteiger partial charge < -0.3 is 10.1 Å². The maximum Gasteiger partial charge on any atom is 0.244 e. The predicted octanol–water partition coefficient (Wildman–Crippen LogP) is 3.69. The first-order valence-electron chi connectivity index (χ1n) is 11.0. The number of methoxy groups -OCH3 is 1. The van der Waals surface area contributed by atoms with Crippen molar-refractivity contribution in [3.05, 3.63) is 95.1 Å². The van der Waals surface area contributed by atoms with E-state index in [9.17, 15) is 13.2 Å². The molecule has 3 aromatic carbocycles. The van der Waals surface area contributed by atoms with E-state index < -0.39 is 16.1 Å². The zero-order valence-corrected chi connectivity index (χ0v) is 19.6. The number of hydrogen-bond acceptors (Lipinski definition) is 4. The molecule has 0 saturated carbocycles. The van der Waals surface area contributed by atoms with Crippen molar-refractivity contribution in [2.24, 2.45) is 0 Å². The minimum atomic E-state index is -3.90. The largest absolute Gasteiger partial charge is 0.497 e. The van der Waals surface area contributed by atoms with Crippen LogP contribution in [0.5, 0.6) is 5.75 Å². The fourth-order valence-corrected chi connectivity index (χ4v) is 5.62. The summed E-state index contributed by atoms with van der Waals surface area (Å²) in [4.78, 5) is 13.4. The van der Waals surface area contributed by atoms with E-state index in [1.165, 1.54) is 29.1 Å². The van der Waals surface area contributed by atoms with Gasteiger partial charge in [-0.25, -0.2) is 8.42 Å². The maximum absolute atomic E-state index is 13.6. The Balaban J connectivity index is 1.60.